The van der Waals surface area contributed by atoms with Crippen molar-refractivity contribution in [3.8, 4) is 11.3 Å². The molecule has 0 fully saturated rings. The van der Waals surface area contributed by atoms with Gasteiger partial charge in [-0.05, 0) is 36.2 Å². The van der Waals surface area contributed by atoms with E-state index in [0.717, 1.165) is 23.3 Å². The molecule has 6 nitrogen and oxygen atoms in total. The van der Waals surface area contributed by atoms with Crippen molar-refractivity contribution in [3.63, 3.8) is 0 Å². The molecule has 1 aromatic carbocycles. The standard InChI is InChI=1S/C16H15N3O3S2/c1-2-11-3-5-13(6-4-11)19-24(21,22)16-9-12(10-23-16)14-7-8-15(20)18-17-14/h3-10,19H,2H2,1H3,(H,18,20). The van der Waals surface area contributed by atoms with Gasteiger partial charge in [-0.1, -0.05) is 19.1 Å². The molecule has 0 amide bonds. The van der Waals surface area contributed by atoms with Crippen LogP contribution in [0.3, 0.4) is 0 Å². The Morgan fingerprint density at radius 1 is 1.17 bits per heavy atom. The Kier molecular flexibility index (Phi) is 4.50. The second kappa shape index (κ2) is 6.58. The van der Waals surface area contributed by atoms with E-state index >= 15 is 0 Å². The fourth-order valence-corrected chi connectivity index (χ4v) is 4.34. The van der Waals surface area contributed by atoms with Crippen molar-refractivity contribution in [2.75, 3.05) is 4.72 Å². The zero-order valence-electron chi connectivity index (χ0n) is 12.8. The lowest BCUT2D eigenvalue weighted by Crippen LogP contribution is -2.11. The third-order valence-electron chi connectivity index (χ3n) is 3.43. The van der Waals surface area contributed by atoms with Crippen LogP contribution in [0.1, 0.15) is 12.5 Å². The number of thiophene rings is 1. The number of aromatic nitrogens is 2. The number of aryl methyl sites for hydroxylation is 1. The fraction of sp³-hybridized carbons (Fsp3) is 0.125. The highest BCUT2D eigenvalue weighted by molar-refractivity contribution is 7.94. The summed E-state index contributed by atoms with van der Waals surface area (Å²) in [5.41, 5.74) is 2.50. The SMILES string of the molecule is CCc1ccc(NS(=O)(=O)c2cc(-c3ccc(=O)[nH]n3)cs2)cc1. The van der Waals surface area contributed by atoms with Crippen molar-refractivity contribution >= 4 is 27.0 Å². The molecule has 2 aromatic heterocycles. The van der Waals surface area contributed by atoms with E-state index in [1.54, 1.807) is 23.6 Å². The van der Waals surface area contributed by atoms with Crippen molar-refractivity contribution in [2.45, 2.75) is 17.6 Å². The minimum atomic E-state index is -3.66. The van der Waals surface area contributed by atoms with Gasteiger partial charge in [-0.3, -0.25) is 9.52 Å². The molecule has 0 unspecified atom stereocenters. The lowest BCUT2D eigenvalue weighted by Gasteiger charge is -2.06. The summed E-state index contributed by atoms with van der Waals surface area (Å²) in [6.07, 6.45) is 0.896. The number of nitrogens with zero attached hydrogens (tertiary/aromatic N) is 1. The maximum atomic E-state index is 12.5. The summed E-state index contributed by atoms with van der Waals surface area (Å²) in [5.74, 6) is 0. The molecule has 8 heteroatoms. The molecular weight excluding hydrogens is 346 g/mol. The highest BCUT2D eigenvalue weighted by Crippen LogP contribution is 2.28. The van der Waals surface area contributed by atoms with E-state index < -0.39 is 10.0 Å². The lowest BCUT2D eigenvalue weighted by atomic mass is 10.2. The summed E-state index contributed by atoms with van der Waals surface area (Å²) < 4.78 is 27.7. The Bertz CT molecular complexity index is 985. The molecule has 0 bridgehead atoms. The first-order valence-electron chi connectivity index (χ1n) is 7.24. The molecule has 0 aliphatic rings. The monoisotopic (exact) mass is 361 g/mol. The summed E-state index contributed by atoms with van der Waals surface area (Å²) >= 11 is 1.10. The van der Waals surface area contributed by atoms with Gasteiger partial charge in [0.2, 0.25) is 0 Å². The number of anilines is 1. The van der Waals surface area contributed by atoms with E-state index in [-0.39, 0.29) is 9.77 Å². The second-order valence-corrected chi connectivity index (χ2v) is 7.94. The van der Waals surface area contributed by atoms with Gasteiger partial charge in [0.15, 0.2) is 0 Å². The molecule has 3 rings (SSSR count). The van der Waals surface area contributed by atoms with Crippen LogP contribution in [0.25, 0.3) is 11.3 Å². The predicted molar refractivity (Wildman–Crippen MR) is 94.8 cm³/mol. The number of aromatic amines is 1. The van der Waals surface area contributed by atoms with Crippen molar-refractivity contribution in [2.24, 2.45) is 0 Å². The highest BCUT2D eigenvalue weighted by atomic mass is 32.2. The van der Waals surface area contributed by atoms with E-state index in [9.17, 15) is 13.2 Å². The number of rotatable bonds is 5. The van der Waals surface area contributed by atoms with Gasteiger partial charge in [0.25, 0.3) is 15.6 Å². The average Bonchev–Trinajstić information content (AvgIpc) is 3.07. The van der Waals surface area contributed by atoms with Crippen molar-refractivity contribution in [1.29, 1.82) is 0 Å². The van der Waals surface area contributed by atoms with E-state index in [2.05, 4.69) is 14.9 Å². The van der Waals surface area contributed by atoms with Crippen LogP contribution in [0, 0.1) is 0 Å². The fourth-order valence-electron chi connectivity index (χ4n) is 2.11. The Hall–Kier alpha value is -2.45. The molecule has 0 saturated heterocycles. The zero-order valence-corrected chi connectivity index (χ0v) is 14.4. The van der Waals surface area contributed by atoms with Crippen LogP contribution in [-0.4, -0.2) is 18.6 Å². The first-order chi connectivity index (χ1) is 11.5. The van der Waals surface area contributed by atoms with Gasteiger partial charge in [0.05, 0.1) is 5.69 Å². The predicted octanol–water partition coefficient (Wildman–Crippen LogP) is 2.86. The van der Waals surface area contributed by atoms with Gasteiger partial charge in [-0.15, -0.1) is 11.3 Å². The lowest BCUT2D eigenvalue weighted by molar-refractivity contribution is 0.603. The second-order valence-electron chi connectivity index (χ2n) is 5.12. The molecule has 0 aliphatic carbocycles. The Morgan fingerprint density at radius 3 is 2.54 bits per heavy atom. The van der Waals surface area contributed by atoms with E-state index in [0.29, 0.717) is 16.9 Å². The molecule has 0 spiro atoms. The van der Waals surface area contributed by atoms with E-state index in [4.69, 9.17) is 0 Å². The average molecular weight is 361 g/mol. The molecule has 24 heavy (non-hydrogen) atoms. The molecule has 2 heterocycles. The van der Waals surface area contributed by atoms with Gasteiger partial charge < -0.3 is 0 Å². The van der Waals surface area contributed by atoms with E-state index in [1.165, 1.54) is 12.1 Å². The first kappa shape index (κ1) is 16.4. The van der Waals surface area contributed by atoms with E-state index in [1.807, 2.05) is 19.1 Å². The topological polar surface area (TPSA) is 91.9 Å². The number of H-pyrrole nitrogens is 1. The largest absolute Gasteiger partial charge is 0.279 e. The van der Waals surface area contributed by atoms with Gasteiger partial charge in [0.1, 0.15) is 4.21 Å². The number of hydrogen-bond donors (Lipinski definition) is 2. The first-order valence-corrected chi connectivity index (χ1v) is 9.60. The van der Waals surface area contributed by atoms with Gasteiger partial charge in [-0.2, -0.15) is 5.10 Å². The van der Waals surface area contributed by atoms with Crippen LogP contribution < -0.4 is 10.3 Å². The summed E-state index contributed by atoms with van der Waals surface area (Å²) in [4.78, 5) is 11.0. The van der Waals surface area contributed by atoms with Gasteiger partial charge >= 0.3 is 0 Å². The molecule has 0 saturated carbocycles. The molecule has 0 atom stereocenters. The molecular formula is C16H15N3O3S2. The van der Waals surface area contributed by atoms with Crippen LogP contribution in [0.4, 0.5) is 5.69 Å². The van der Waals surface area contributed by atoms with Crippen molar-refractivity contribution in [3.05, 3.63) is 63.8 Å². The minimum Gasteiger partial charge on any atom is -0.279 e. The summed E-state index contributed by atoms with van der Waals surface area (Å²) in [6.45, 7) is 2.04. The molecule has 2 N–H and O–H groups in total. The molecule has 0 radical (unpaired) electrons. The quantitative estimate of drug-likeness (QED) is 0.731. The highest BCUT2D eigenvalue weighted by Gasteiger charge is 2.18. The Morgan fingerprint density at radius 2 is 1.92 bits per heavy atom. The van der Waals surface area contributed by atoms with Crippen LogP contribution in [0.5, 0.6) is 0 Å². The smallest absolute Gasteiger partial charge is 0.271 e. The van der Waals surface area contributed by atoms with Crippen molar-refractivity contribution < 1.29 is 8.42 Å². The number of nitrogens with one attached hydrogen (secondary N) is 2. The maximum absolute atomic E-state index is 12.5. The Labute approximate surface area is 143 Å². The van der Waals surface area contributed by atoms with Crippen LogP contribution in [0.15, 0.2) is 56.8 Å². The number of hydrogen-bond acceptors (Lipinski definition) is 5. The molecule has 0 aliphatic heterocycles. The third-order valence-corrected chi connectivity index (χ3v) is 6.25. The van der Waals surface area contributed by atoms with Crippen LogP contribution in [-0.2, 0) is 16.4 Å². The van der Waals surface area contributed by atoms with Crippen LogP contribution in [0.2, 0.25) is 0 Å². The maximum Gasteiger partial charge on any atom is 0.271 e. The zero-order chi connectivity index (χ0) is 17.2. The van der Waals surface area contributed by atoms with Crippen LogP contribution >= 0.6 is 11.3 Å². The molecule has 3 aromatic rings. The summed E-state index contributed by atoms with van der Waals surface area (Å²) in [7, 11) is -3.66. The number of sulfonamides is 1. The third kappa shape index (κ3) is 3.55. The normalized spacial score (nSPS) is 11.4. The summed E-state index contributed by atoms with van der Waals surface area (Å²) in [5, 5.41) is 7.92. The number of benzene rings is 1. The summed E-state index contributed by atoms with van der Waals surface area (Å²) in [6, 6.07) is 11.7. The minimum absolute atomic E-state index is 0.185. The Balaban J connectivity index is 1.84. The van der Waals surface area contributed by atoms with Crippen molar-refractivity contribution in [1.82, 2.24) is 10.2 Å². The molecule has 124 valence electrons. The van der Waals surface area contributed by atoms with Gasteiger partial charge in [0, 0.05) is 22.7 Å². The van der Waals surface area contributed by atoms with Gasteiger partial charge in [-0.25, -0.2) is 13.5 Å².